The van der Waals surface area contributed by atoms with Crippen LogP contribution in [0.1, 0.15) is 5.56 Å². The molecule has 2 aromatic rings. The van der Waals surface area contributed by atoms with Crippen molar-refractivity contribution in [3.8, 4) is 0 Å². The Hall–Kier alpha value is -1.09. The fraction of sp³-hybridized carbons (Fsp3) is 0.0769. The minimum Gasteiger partial charge on any atom is -0.278 e. The van der Waals surface area contributed by atoms with Gasteiger partial charge in [0.15, 0.2) is 0 Å². The fourth-order valence-corrected chi connectivity index (χ4v) is 3.45. The number of sulfonamides is 1. The Labute approximate surface area is 145 Å². The van der Waals surface area contributed by atoms with Gasteiger partial charge in [0.2, 0.25) is 0 Å². The Kier molecular flexibility index (Phi) is 5.10. The number of anilines is 1. The third-order valence-corrected chi connectivity index (χ3v) is 5.07. The van der Waals surface area contributed by atoms with Crippen LogP contribution in [0.15, 0.2) is 46.2 Å². The number of halogens is 5. The van der Waals surface area contributed by atoms with Crippen LogP contribution in [0.25, 0.3) is 0 Å². The van der Waals surface area contributed by atoms with Crippen LogP contribution in [0, 0.1) is 0 Å². The van der Waals surface area contributed by atoms with Crippen LogP contribution in [0.3, 0.4) is 0 Å². The number of alkyl halides is 3. The zero-order valence-corrected chi connectivity index (χ0v) is 14.2. The summed E-state index contributed by atoms with van der Waals surface area (Å²) < 4.78 is 65.2. The lowest BCUT2D eigenvalue weighted by Crippen LogP contribution is -2.15. The first-order valence-corrected chi connectivity index (χ1v) is 8.57. The minimum atomic E-state index is -4.77. The highest BCUT2D eigenvalue weighted by Gasteiger charge is 2.34. The van der Waals surface area contributed by atoms with E-state index in [1.54, 1.807) is 0 Å². The second-order valence-electron chi connectivity index (χ2n) is 4.41. The minimum absolute atomic E-state index is 0.0457. The molecule has 2 aromatic carbocycles. The van der Waals surface area contributed by atoms with E-state index in [1.807, 2.05) is 0 Å². The van der Waals surface area contributed by atoms with Gasteiger partial charge in [0.25, 0.3) is 10.0 Å². The summed E-state index contributed by atoms with van der Waals surface area (Å²) in [6.45, 7) is 0. The normalized spacial score (nSPS) is 12.3. The standard InChI is InChI=1S/C13H8Cl2F3NO2S2/c14-7-1-4-12(22)11(5-7)19-23(20,21)8-2-3-10(15)9(6-8)13(16,17)18/h1-6,19,22H. The summed E-state index contributed by atoms with van der Waals surface area (Å²) in [6, 6.07) is 6.55. The number of benzene rings is 2. The summed E-state index contributed by atoms with van der Waals surface area (Å²) in [4.78, 5) is -0.315. The highest BCUT2D eigenvalue weighted by atomic mass is 35.5. The maximum Gasteiger partial charge on any atom is 0.417 e. The lowest BCUT2D eigenvalue weighted by molar-refractivity contribution is -0.137. The molecule has 0 heterocycles. The molecule has 3 nitrogen and oxygen atoms in total. The summed E-state index contributed by atoms with van der Waals surface area (Å²) in [5, 5.41) is -0.346. The van der Waals surface area contributed by atoms with Gasteiger partial charge in [0.05, 0.1) is 21.2 Å². The number of rotatable bonds is 3. The lowest BCUT2D eigenvalue weighted by Gasteiger charge is -2.13. The van der Waals surface area contributed by atoms with Crippen LogP contribution in [-0.2, 0) is 16.2 Å². The first-order valence-electron chi connectivity index (χ1n) is 5.89. The average molecular weight is 402 g/mol. The van der Waals surface area contributed by atoms with Gasteiger partial charge >= 0.3 is 6.18 Å². The van der Waals surface area contributed by atoms with E-state index in [9.17, 15) is 21.6 Å². The zero-order chi connectivity index (χ0) is 17.4. The van der Waals surface area contributed by atoms with E-state index >= 15 is 0 Å². The topological polar surface area (TPSA) is 46.2 Å². The number of nitrogens with one attached hydrogen (secondary N) is 1. The van der Waals surface area contributed by atoms with E-state index < -0.39 is 31.7 Å². The molecule has 2 rings (SSSR count). The quantitative estimate of drug-likeness (QED) is 0.702. The zero-order valence-electron chi connectivity index (χ0n) is 11.0. The molecule has 0 atom stereocenters. The number of thiol groups is 1. The molecule has 0 unspecified atom stereocenters. The molecule has 0 bridgehead atoms. The molecule has 0 saturated heterocycles. The van der Waals surface area contributed by atoms with Crippen LogP contribution in [0.4, 0.5) is 18.9 Å². The predicted molar refractivity (Wildman–Crippen MR) is 86.0 cm³/mol. The molecule has 10 heteroatoms. The predicted octanol–water partition coefficient (Wildman–Crippen LogP) is 5.10. The molecular weight excluding hydrogens is 394 g/mol. The van der Waals surface area contributed by atoms with Crippen molar-refractivity contribution in [2.24, 2.45) is 0 Å². The average Bonchev–Trinajstić information content (AvgIpc) is 2.41. The third kappa shape index (κ3) is 4.26. The van der Waals surface area contributed by atoms with E-state index in [0.29, 0.717) is 6.07 Å². The van der Waals surface area contributed by atoms with Crippen LogP contribution in [0.5, 0.6) is 0 Å². The van der Waals surface area contributed by atoms with Gasteiger partial charge in [-0.25, -0.2) is 8.42 Å². The smallest absolute Gasteiger partial charge is 0.278 e. The van der Waals surface area contributed by atoms with Crippen molar-refractivity contribution in [3.63, 3.8) is 0 Å². The maximum absolute atomic E-state index is 12.8. The van der Waals surface area contributed by atoms with Gasteiger partial charge in [-0.15, -0.1) is 12.6 Å². The molecule has 0 fully saturated rings. The van der Waals surface area contributed by atoms with Crippen molar-refractivity contribution in [2.45, 2.75) is 16.0 Å². The van der Waals surface area contributed by atoms with E-state index in [0.717, 1.165) is 12.1 Å². The SMILES string of the molecule is O=S(=O)(Nc1cc(Cl)ccc1S)c1ccc(Cl)c(C(F)(F)F)c1. The van der Waals surface area contributed by atoms with E-state index in [-0.39, 0.29) is 15.6 Å². The Morgan fingerprint density at radius 2 is 1.70 bits per heavy atom. The largest absolute Gasteiger partial charge is 0.417 e. The van der Waals surface area contributed by atoms with Crippen molar-refractivity contribution in [3.05, 3.63) is 52.0 Å². The van der Waals surface area contributed by atoms with Crippen molar-refractivity contribution in [1.82, 2.24) is 0 Å². The molecule has 23 heavy (non-hydrogen) atoms. The Balaban J connectivity index is 2.46. The van der Waals surface area contributed by atoms with Crippen LogP contribution >= 0.6 is 35.8 Å². The first kappa shape index (κ1) is 18.3. The van der Waals surface area contributed by atoms with Gasteiger partial charge in [0, 0.05) is 9.92 Å². The Bertz CT molecular complexity index is 855. The summed E-state index contributed by atoms with van der Waals surface area (Å²) in [5.41, 5.74) is -1.19. The van der Waals surface area contributed by atoms with Gasteiger partial charge in [-0.3, -0.25) is 4.72 Å². The van der Waals surface area contributed by atoms with Gasteiger partial charge < -0.3 is 0 Å². The monoisotopic (exact) mass is 401 g/mol. The van der Waals surface area contributed by atoms with Crippen LogP contribution < -0.4 is 4.72 Å². The van der Waals surface area contributed by atoms with Crippen LogP contribution in [0.2, 0.25) is 10.0 Å². The molecule has 0 saturated carbocycles. The van der Waals surface area contributed by atoms with E-state index in [2.05, 4.69) is 17.4 Å². The van der Waals surface area contributed by atoms with Crippen molar-refractivity contribution < 1.29 is 21.6 Å². The maximum atomic E-state index is 12.8. The van der Waals surface area contributed by atoms with Gasteiger partial charge in [-0.1, -0.05) is 23.2 Å². The number of hydrogen-bond donors (Lipinski definition) is 2. The third-order valence-electron chi connectivity index (χ3n) is 2.76. The molecule has 1 N–H and O–H groups in total. The molecule has 0 amide bonds. The summed E-state index contributed by atoms with van der Waals surface area (Å²) in [7, 11) is -4.27. The van der Waals surface area contributed by atoms with Gasteiger partial charge in [-0.05, 0) is 36.4 Å². The van der Waals surface area contributed by atoms with Crippen LogP contribution in [-0.4, -0.2) is 8.42 Å². The van der Waals surface area contributed by atoms with Crippen molar-refractivity contribution in [2.75, 3.05) is 4.72 Å². The van der Waals surface area contributed by atoms with Gasteiger partial charge in [-0.2, -0.15) is 13.2 Å². The fourth-order valence-electron chi connectivity index (χ4n) is 1.68. The van der Waals surface area contributed by atoms with Crippen molar-refractivity contribution in [1.29, 1.82) is 0 Å². The molecular formula is C13H8Cl2F3NO2S2. The highest BCUT2D eigenvalue weighted by Crippen LogP contribution is 2.36. The Morgan fingerprint density at radius 1 is 1.04 bits per heavy atom. The highest BCUT2D eigenvalue weighted by molar-refractivity contribution is 7.92. The second-order valence-corrected chi connectivity index (χ2v) is 7.41. The molecule has 0 aliphatic heterocycles. The Morgan fingerprint density at radius 3 is 2.30 bits per heavy atom. The molecule has 0 aliphatic rings. The van der Waals surface area contributed by atoms with Gasteiger partial charge in [0.1, 0.15) is 0 Å². The molecule has 0 spiro atoms. The first-order chi connectivity index (χ1) is 10.5. The molecule has 0 radical (unpaired) electrons. The summed E-state index contributed by atoms with van der Waals surface area (Å²) in [6.07, 6.45) is -4.77. The van der Waals surface area contributed by atoms with Crippen molar-refractivity contribution >= 4 is 51.5 Å². The van der Waals surface area contributed by atoms with E-state index in [4.69, 9.17) is 23.2 Å². The molecule has 124 valence electrons. The second kappa shape index (κ2) is 6.43. The lowest BCUT2D eigenvalue weighted by atomic mass is 10.2. The van der Waals surface area contributed by atoms with E-state index in [1.165, 1.54) is 18.2 Å². The molecule has 0 aromatic heterocycles. The summed E-state index contributed by atoms with van der Waals surface area (Å²) >= 11 is 15.3. The molecule has 0 aliphatic carbocycles. The summed E-state index contributed by atoms with van der Waals surface area (Å²) in [5.74, 6) is 0. The number of hydrogen-bond acceptors (Lipinski definition) is 3.